The molecule has 1 heterocycles. The highest BCUT2D eigenvalue weighted by molar-refractivity contribution is 7.99. The molecule has 0 aliphatic rings. The van der Waals surface area contributed by atoms with E-state index >= 15 is 0 Å². The lowest BCUT2D eigenvalue weighted by molar-refractivity contribution is -0.127. The number of carbonyl (C=O) groups excluding carboxylic acids is 1. The molecule has 1 aromatic heterocycles. The van der Waals surface area contributed by atoms with Crippen molar-refractivity contribution in [3.8, 4) is 0 Å². The van der Waals surface area contributed by atoms with E-state index in [9.17, 15) is 9.59 Å². The van der Waals surface area contributed by atoms with Crippen LogP contribution >= 0.6 is 11.8 Å². The van der Waals surface area contributed by atoms with Crippen molar-refractivity contribution in [2.75, 3.05) is 18.8 Å². The van der Waals surface area contributed by atoms with Gasteiger partial charge in [-0.3, -0.25) is 14.2 Å². The molecule has 26 heavy (non-hydrogen) atoms. The second-order valence-corrected chi connectivity index (χ2v) is 7.32. The lowest BCUT2D eigenvalue weighted by Crippen LogP contribution is -2.33. The average molecular weight is 374 g/mol. The summed E-state index contributed by atoms with van der Waals surface area (Å²) in [6.45, 7) is 11.7. The van der Waals surface area contributed by atoms with E-state index in [2.05, 4.69) is 18.5 Å². The van der Waals surface area contributed by atoms with Crippen molar-refractivity contribution in [2.45, 2.75) is 45.3 Å². The normalized spacial score (nSPS) is 10.9. The summed E-state index contributed by atoms with van der Waals surface area (Å²) >= 11 is 1.34. The molecule has 0 aliphatic carbocycles. The summed E-state index contributed by atoms with van der Waals surface area (Å²) in [5.74, 6) is 0.294. The lowest BCUT2D eigenvalue weighted by Gasteiger charge is -2.21. The number of benzene rings is 1. The molecule has 1 amide bonds. The van der Waals surface area contributed by atoms with Crippen LogP contribution < -0.4 is 5.56 Å². The summed E-state index contributed by atoms with van der Waals surface area (Å²) in [5.41, 5.74) is 1.59. The van der Waals surface area contributed by atoms with Gasteiger partial charge in [0.1, 0.15) is 0 Å². The number of amides is 1. The number of nitrogens with zero attached hydrogens (tertiary/aromatic N) is 3. The van der Waals surface area contributed by atoms with E-state index in [0.717, 1.165) is 18.4 Å². The van der Waals surface area contributed by atoms with Crippen LogP contribution in [0.1, 0.15) is 33.6 Å². The van der Waals surface area contributed by atoms with Gasteiger partial charge in [-0.05, 0) is 32.4 Å². The smallest absolute Gasteiger partial charge is 0.262 e. The summed E-state index contributed by atoms with van der Waals surface area (Å²) in [6, 6.07) is 7.36. The van der Waals surface area contributed by atoms with Crippen LogP contribution in [0.2, 0.25) is 0 Å². The Kier molecular flexibility index (Phi) is 7.45. The first-order valence-electron chi connectivity index (χ1n) is 9.02. The second-order valence-electron chi connectivity index (χ2n) is 6.38. The number of hydrogen-bond donors (Lipinski definition) is 0. The summed E-state index contributed by atoms with van der Waals surface area (Å²) in [6.07, 6.45) is 1.89. The molecule has 0 radical (unpaired) electrons. The van der Waals surface area contributed by atoms with Crippen molar-refractivity contribution < 1.29 is 4.79 Å². The van der Waals surface area contributed by atoms with E-state index in [-0.39, 0.29) is 17.2 Å². The molecular weight excluding hydrogens is 346 g/mol. The van der Waals surface area contributed by atoms with Crippen molar-refractivity contribution in [1.82, 2.24) is 14.5 Å². The van der Waals surface area contributed by atoms with Crippen LogP contribution in [0.15, 0.2) is 46.4 Å². The molecule has 2 rings (SSSR count). The maximum Gasteiger partial charge on any atom is 0.262 e. The maximum absolute atomic E-state index is 12.8. The number of fused-ring (bicyclic) bond motifs is 1. The van der Waals surface area contributed by atoms with Gasteiger partial charge in [0.2, 0.25) is 5.91 Å². The predicted molar refractivity (Wildman–Crippen MR) is 109 cm³/mol. The van der Waals surface area contributed by atoms with E-state index in [4.69, 9.17) is 0 Å². The Hall–Kier alpha value is -2.08. The number of para-hydroxylation sites is 1. The summed E-state index contributed by atoms with van der Waals surface area (Å²) in [7, 11) is 0. The van der Waals surface area contributed by atoms with Crippen LogP contribution in [0.25, 0.3) is 10.9 Å². The molecule has 0 fully saturated rings. The molecule has 0 bridgehead atoms. The Morgan fingerprint density at radius 3 is 2.69 bits per heavy atom. The first-order valence-corrected chi connectivity index (χ1v) is 10.0. The van der Waals surface area contributed by atoms with Crippen LogP contribution in [-0.2, 0) is 11.3 Å². The first-order chi connectivity index (χ1) is 12.5. The zero-order valence-corrected chi connectivity index (χ0v) is 16.6. The lowest BCUT2D eigenvalue weighted by atomic mass is 10.2. The maximum atomic E-state index is 12.8. The molecule has 0 atom stereocenters. The number of aromatic nitrogens is 2. The zero-order valence-electron chi connectivity index (χ0n) is 15.8. The molecule has 5 nitrogen and oxygen atoms in total. The van der Waals surface area contributed by atoms with Gasteiger partial charge >= 0.3 is 0 Å². The molecule has 2 aromatic rings. The fraction of sp³-hybridized carbons (Fsp3) is 0.450. The highest BCUT2D eigenvalue weighted by Gasteiger charge is 2.16. The largest absolute Gasteiger partial charge is 0.338 e. The molecule has 0 spiro atoms. The third-order valence-corrected chi connectivity index (χ3v) is 5.04. The Morgan fingerprint density at radius 2 is 2.04 bits per heavy atom. The van der Waals surface area contributed by atoms with Crippen molar-refractivity contribution >= 4 is 28.6 Å². The van der Waals surface area contributed by atoms with Gasteiger partial charge in [-0.1, -0.05) is 49.4 Å². The van der Waals surface area contributed by atoms with Crippen LogP contribution in [0.5, 0.6) is 0 Å². The van der Waals surface area contributed by atoms with Crippen LogP contribution in [0.3, 0.4) is 0 Å². The average Bonchev–Trinajstić information content (AvgIpc) is 2.63. The van der Waals surface area contributed by atoms with E-state index in [0.29, 0.717) is 35.7 Å². The van der Waals surface area contributed by atoms with Gasteiger partial charge < -0.3 is 4.90 Å². The predicted octanol–water partition coefficient (Wildman–Crippen LogP) is 3.71. The number of hydrogen-bond acceptors (Lipinski definition) is 4. The first kappa shape index (κ1) is 20.2. The van der Waals surface area contributed by atoms with E-state index < -0.39 is 0 Å². The molecule has 0 N–H and O–H groups in total. The van der Waals surface area contributed by atoms with Gasteiger partial charge in [0.25, 0.3) is 5.56 Å². The Balaban J connectivity index is 2.28. The molecule has 0 saturated carbocycles. The summed E-state index contributed by atoms with van der Waals surface area (Å²) in [4.78, 5) is 31.8. The summed E-state index contributed by atoms with van der Waals surface area (Å²) < 4.78 is 1.71. The third-order valence-electron chi connectivity index (χ3n) is 4.08. The zero-order chi connectivity index (χ0) is 19.1. The fourth-order valence-electron chi connectivity index (χ4n) is 2.69. The van der Waals surface area contributed by atoms with Crippen molar-refractivity contribution in [3.05, 3.63) is 46.8 Å². The van der Waals surface area contributed by atoms with Gasteiger partial charge in [0.05, 0.1) is 16.7 Å². The van der Waals surface area contributed by atoms with Crippen LogP contribution in [-0.4, -0.2) is 39.2 Å². The van der Waals surface area contributed by atoms with Gasteiger partial charge in [0.15, 0.2) is 5.16 Å². The molecule has 1 aromatic carbocycles. The highest BCUT2D eigenvalue weighted by Crippen LogP contribution is 2.19. The van der Waals surface area contributed by atoms with Gasteiger partial charge in [-0.25, -0.2) is 4.98 Å². The minimum Gasteiger partial charge on any atom is -0.338 e. The number of unbranched alkanes of at least 4 members (excludes halogenated alkanes) is 1. The van der Waals surface area contributed by atoms with Crippen molar-refractivity contribution in [3.63, 3.8) is 0 Å². The van der Waals surface area contributed by atoms with E-state index in [1.165, 1.54) is 11.8 Å². The SMILES string of the molecule is C=C(C)CN(CC)C(=O)CSc1nc2ccccc2c(=O)n1CCCC. The Labute approximate surface area is 159 Å². The topological polar surface area (TPSA) is 55.2 Å². The number of likely N-dealkylation sites (N-methyl/N-ethyl adjacent to an activating group) is 1. The number of carbonyl (C=O) groups is 1. The van der Waals surface area contributed by atoms with Crippen molar-refractivity contribution in [1.29, 1.82) is 0 Å². The Bertz CT molecular complexity index is 845. The molecule has 0 saturated heterocycles. The Morgan fingerprint density at radius 1 is 1.31 bits per heavy atom. The number of rotatable bonds is 9. The molecular formula is C20H27N3O2S. The van der Waals surface area contributed by atoms with Gasteiger partial charge in [0, 0.05) is 19.6 Å². The highest BCUT2D eigenvalue weighted by atomic mass is 32.2. The second kappa shape index (κ2) is 9.57. The van der Waals surface area contributed by atoms with Gasteiger partial charge in [-0.2, -0.15) is 0 Å². The van der Waals surface area contributed by atoms with E-state index in [1.54, 1.807) is 15.5 Å². The number of thioether (sulfide) groups is 1. The molecule has 6 heteroatoms. The van der Waals surface area contributed by atoms with E-state index in [1.807, 2.05) is 32.0 Å². The summed E-state index contributed by atoms with van der Waals surface area (Å²) in [5, 5.41) is 1.23. The quantitative estimate of drug-likeness (QED) is 0.382. The minimum absolute atomic E-state index is 0.0324. The fourth-order valence-corrected chi connectivity index (χ4v) is 3.62. The van der Waals surface area contributed by atoms with Crippen molar-refractivity contribution in [2.24, 2.45) is 0 Å². The molecule has 140 valence electrons. The third kappa shape index (κ3) is 4.97. The minimum atomic E-state index is -0.0340. The standard InChI is InChI=1S/C20H27N3O2S/c1-5-7-12-23-19(25)16-10-8-9-11-17(16)21-20(23)26-14-18(24)22(6-2)13-15(3)4/h8-11H,3,5-7,12-14H2,1-2,4H3. The van der Waals surface area contributed by atoms with Crippen LogP contribution in [0, 0.1) is 0 Å². The van der Waals surface area contributed by atoms with Gasteiger partial charge in [-0.15, -0.1) is 0 Å². The molecule has 0 aliphatic heterocycles. The molecule has 0 unspecified atom stereocenters. The monoisotopic (exact) mass is 373 g/mol. The van der Waals surface area contributed by atoms with Crippen LogP contribution in [0.4, 0.5) is 0 Å².